The van der Waals surface area contributed by atoms with E-state index in [1.54, 1.807) is 22.5 Å². The Morgan fingerprint density at radius 1 is 1.14 bits per heavy atom. The molecule has 0 radical (unpaired) electrons. The molecule has 2 aliphatic heterocycles. The lowest BCUT2D eigenvalue weighted by Crippen LogP contribution is -2.39. The predicted molar refractivity (Wildman–Crippen MR) is 85.2 cm³/mol. The van der Waals surface area contributed by atoms with Crippen molar-refractivity contribution < 1.29 is 8.42 Å². The van der Waals surface area contributed by atoms with Gasteiger partial charge in [-0.2, -0.15) is 0 Å². The number of fused-ring (bicyclic) bond motifs is 2. The number of benzene rings is 1. The molecule has 1 aromatic rings. The Kier molecular flexibility index (Phi) is 4.48. The molecule has 1 aromatic carbocycles. The third kappa shape index (κ3) is 3.54. The van der Waals surface area contributed by atoms with Crippen molar-refractivity contribution >= 4 is 33.2 Å². The first kappa shape index (κ1) is 15.6. The zero-order valence-electron chi connectivity index (χ0n) is 11.6. The fourth-order valence-corrected chi connectivity index (χ4v) is 4.99. The van der Waals surface area contributed by atoms with Crippen LogP contribution in [0.4, 0.5) is 0 Å². The summed E-state index contributed by atoms with van der Waals surface area (Å²) >= 11 is 11.8. The Morgan fingerprint density at radius 2 is 1.90 bits per heavy atom. The van der Waals surface area contributed by atoms with E-state index in [-0.39, 0.29) is 5.75 Å². The van der Waals surface area contributed by atoms with Crippen molar-refractivity contribution in [1.82, 2.24) is 9.62 Å². The summed E-state index contributed by atoms with van der Waals surface area (Å²) in [6.07, 6.45) is 3.10. The van der Waals surface area contributed by atoms with Crippen molar-refractivity contribution in [2.45, 2.75) is 37.1 Å². The smallest absolute Gasteiger partial charge is 0.218 e. The number of hydrogen-bond acceptors (Lipinski definition) is 3. The molecule has 2 atom stereocenters. The van der Waals surface area contributed by atoms with Gasteiger partial charge in [-0.15, -0.1) is 0 Å². The predicted octanol–water partition coefficient (Wildman–Crippen LogP) is 2.65. The topological polar surface area (TPSA) is 49.4 Å². The second-order valence-corrected chi connectivity index (χ2v) is 8.57. The molecule has 0 saturated carbocycles. The summed E-state index contributed by atoms with van der Waals surface area (Å²) in [7, 11) is -3.32. The van der Waals surface area contributed by atoms with Crippen LogP contribution in [0.2, 0.25) is 10.0 Å². The number of hydrogen-bond donors (Lipinski definition) is 1. The van der Waals surface area contributed by atoms with Gasteiger partial charge in [0.15, 0.2) is 0 Å². The van der Waals surface area contributed by atoms with E-state index in [9.17, 15) is 8.42 Å². The molecule has 2 heterocycles. The largest absolute Gasteiger partial charge is 0.310 e. The summed E-state index contributed by atoms with van der Waals surface area (Å²) in [5, 5.41) is 4.32. The van der Waals surface area contributed by atoms with E-state index in [4.69, 9.17) is 23.2 Å². The Hall–Kier alpha value is -0.330. The molecular formula is C14H18Cl2N2O2S. The molecular weight excluding hydrogens is 331 g/mol. The van der Waals surface area contributed by atoms with Gasteiger partial charge in [0.2, 0.25) is 10.0 Å². The lowest BCUT2D eigenvalue weighted by atomic mass is 10.1. The highest BCUT2D eigenvalue weighted by Gasteiger charge is 2.34. The number of nitrogens with zero attached hydrogens (tertiary/aromatic N) is 1. The maximum absolute atomic E-state index is 12.6. The first-order chi connectivity index (χ1) is 9.94. The van der Waals surface area contributed by atoms with E-state index in [1.807, 2.05) is 0 Å². The van der Waals surface area contributed by atoms with Crippen molar-refractivity contribution in [3.63, 3.8) is 0 Å². The summed E-state index contributed by atoms with van der Waals surface area (Å²) in [6, 6.07) is 5.75. The van der Waals surface area contributed by atoms with E-state index < -0.39 is 10.0 Å². The van der Waals surface area contributed by atoms with Crippen LogP contribution in [0.1, 0.15) is 24.8 Å². The Labute approximate surface area is 135 Å². The Balaban J connectivity index is 1.75. The summed E-state index contributed by atoms with van der Waals surface area (Å²) < 4.78 is 26.8. The lowest BCUT2D eigenvalue weighted by Gasteiger charge is -2.23. The van der Waals surface area contributed by atoms with E-state index in [0.717, 1.165) is 19.3 Å². The van der Waals surface area contributed by atoms with Gasteiger partial charge in [-0.25, -0.2) is 12.7 Å². The molecule has 2 saturated heterocycles. The van der Waals surface area contributed by atoms with Gasteiger partial charge in [0, 0.05) is 25.2 Å². The molecule has 2 fully saturated rings. The van der Waals surface area contributed by atoms with Crippen LogP contribution in [-0.2, 0) is 15.8 Å². The molecule has 21 heavy (non-hydrogen) atoms. The van der Waals surface area contributed by atoms with Crippen LogP contribution in [0.15, 0.2) is 18.2 Å². The molecule has 0 amide bonds. The third-order valence-corrected chi connectivity index (χ3v) is 6.77. The van der Waals surface area contributed by atoms with Crippen LogP contribution in [0.25, 0.3) is 0 Å². The summed E-state index contributed by atoms with van der Waals surface area (Å²) in [4.78, 5) is 0. The van der Waals surface area contributed by atoms with Gasteiger partial charge in [-0.3, -0.25) is 0 Å². The average molecular weight is 349 g/mol. The molecule has 0 aromatic heterocycles. The minimum atomic E-state index is -3.32. The fourth-order valence-electron chi connectivity index (χ4n) is 3.09. The minimum Gasteiger partial charge on any atom is -0.310 e. The van der Waals surface area contributed by atoms with E-state index in [1.165, 1.54) is 0 Å². The highest BCUT2D eigenvalue weighted by atomic mass is 35.5. The summed E-state index contributed by atoms with van der Waals surface area (Å²) in [5.74, 6) is -0.0265. The van der Waals surface area contributed by atoms with E-state index in [2.05, 4.69) is 5.32 Å². The number of rotatable bonds is 3. The van der Waals surface area contributed by atoms with Gasteiger partial charge in [-0.05, 0) is 37.0 Å². The van der Waals surface area contributed by atoms with Crippen LogP contribution in [0.3, 0.4) is 0 Å². The Bertz CT molecular complexity index is 636. The maximum atomic E-state index is 12.6. The van der Waals surface area contributed by atoms with Crippen LogP contribution >= 0.6 is 23.2 Å². The normalized spacial score (nSPS) is 26.8. The molecule has 0 spiro atoms. The standard InChI is InChI=1S/C14H18Cl2N2O2S/c15-13-4-1-10(7-14(13)16)9-21(19,20)18-6-5-11-2-3-12(8-18)17-11/h1,4,7,11-12,17H,2-3,5-6,8-9H2. The van der Waals surface area contributed by atoms with Gasteiger partial charge < -0.3 is 5.32 Å². The van der Waals surface area contributed by atoms with E-state index >= 15 is 0 Å². The molecule has 0 aliphatic carbocycles. The third-order valence-electron chi connectivity index (χ3n) is 4.21. The minimum absolute atomic E-state index is 0.0265. The van der Waals surface area contributed by atoms with E-state index in [0.29, 0.717) is 40.8 Å². The lowest BCUT2D eigenvalue weighted by molar-refractivity contribution is 0.383. The second-order valence-electron chi connectivity index (χ2n) is 5.79. The summed E-state index contributed by atoms with van der Waals surface area (Å²) in [5.41, 5.74) is 0.673. The van der Waals surface area contributed by atoms with Crippen molar-refractivity contribution in [2.75, 3.05) is 13.1 Å². The summed E-state index contributed by atoms with van der Waals surface area (Å²) in [6.45, 7) is 1.16. The fraction of sp³-hybridized carbons (Fsp3) is 0.571. The molecule has 116 valence electrons. The highest BCUT2D eigenvalue weighted by molar-refractivity contribution is 7.88. The maximum Gasteiger partial charge on any atom is 0.218 e. The molecule has 2 aliphatic rings. The first-order valence-electron chi connectivity index (χ1n) is 7.12. The second kappa shape index (κ2) is 6.05. The van der Waals surface area contributed by atoms with Gasteiger partial charge in [-0.1, -0.05) is 29.3 Å². The average Bonchev–Trinajstić information content (AvgIpc) is 2.72. The number of halogens is 2. The van der Waals surface area contributed by atoms with Crippen molar-refractivity contribution in [3.05, 3.63) is 33.8 Å². The molecule has 2 bridgehead atoms. The zero-order valence-corrected chi connectivity index (χ0v) is 13.9. The number of nitrogens with one attached hydrogen (secondary N) is 1. The molecule has 3 rings (SSSR count). The SMILES string of the molecule is O=S(=O)(Cc1ccc(Cl)c(Cl)c1)N1CCC2CCC(C1)N2. The van der Waals surface area contributed by atoms with Crippen LogP contribution in [-0.4, -0.2) is 37.9 Å². The van der Waals surface area contributed by atoms with Gasteiger partial charge >= 0.3 is 0 Å². The van der Waals surface area contributed by atoms with Crippen molar-refractivity contribution in [3.8, 4) is 0 Å². The molecule has 4 nitrogen and oxygen atoms in total. The van der Waals surface area contributed by atoms with Crippen molar-refractivity contribution in [1.29, 1.82) is 0 Å². The molecule has 1 N–H and O–H groups in total. The molecule has 7 heteroatoms. The first-order valence-corrected chi connectivity index (χ1v) is 9.48. The van der Waals surface area contributed by atoms with Crippen LogP contribution < -0.4 is 5.32 Å². The number of sulfonamides is 1. The van der Waals surface area contributed by atoms with Crippen LogP contribution in [0.5, 0.6) is 0 Å². The van der Waals surface area contributed by atoms with Gasteiger partial charge in [0.25, 0.3) is 0 Å². The zero-order chi connectivity index (χ0) is 15.0. The van der Waals surface area contributed by atoms with Crippen LogP contribution in [0, 0.1) is 0 Å². The van der Waals surface area contributed by atoms with Gasteiger partial charge in [0.05, 0.1) is 15.8 Å². The molecule has 2 unspecified atom stereocenters. The monoisotopic (exact) mass is 348 g/mol. The quantitative estimate of drug-likeness (QED) is 0.913. The van der Waals surface area contributed by atoms with Gasteiger partial charge in [0.1, 0.15) is 0 Å². The van der Waals surface area contributed by atoms with Crippen molar-refractivity contribution in [2.24, 2.45) is 0 Å². The Morgan fingerprint density at radius 3 is 2.67 bits per heavy atom. The highest BCUT2D eigenvalue weighted by Crippen LogP contribution is 2.26.